The number of ether oxygens (including phenoxy) is 3. The first-order valence-electron chi connectivity index (χ1n) is 18.3. The lowest BCUT2D eigenvalue weighted by molar-refractivity contribution is -0.129. The van der Waals surface area contributed by atoms with Gasteiger partial charge in [0.05, 0.1) is 34.9 Å². The van der Waals surface area contributed by atoms with Gasteiger partial charge in [-0.2, -0.15) is 4.36 Å². The van der Waals surface area contributed by atoms with Crippen LogP contribution < -0.4 is 36.5 Å². The minimum atomic E-state index is -3.33. The summed E-state index contributed by atoms with van der Waals surface area (Å²) in [6, 6.07) is 5.48. The zero-order chi connectivity index (χ0) is 41.9. The molecule has 1 aromatic heterocycles. The molecule has 57 heavy (non-hydrogen) atoms. The zero-order valence-electron chi connectivity index (χ0n) is 32.8. The number of halogens is 2. The summed E-state index contributed by atoms with van der Waals surface area (Å²) in [5.41, 5.74) is 5.29. The van der Waals surface area contributed by atoms with Crippen molar-refractivity contribution in [2.45, 2.75) is 83.7 Å². The topological polar surface area (TPSA) is 225 Å². The smallest absolute Gasteiger partial charge is 0.408 e. The van der Waals surface area contributed by atoms with Crippen LogP contribution in [0, 0.1) is 17.6 Å². The van der Waals surface area contributed by atoms with Crippen molar-refractivity contribution >= 4 is 45.3 Å². The number of primary amides is 1. The number of amides is 5. The Hall–Kier alpha value is -5.59. The maximum atomic E-state index is 15.1. The van der Waals surface area contributed by atoms with Gasteiger partial charge >= 0.3 is 12.1 Å². The van der Waals surface area contributed by atoms with Crippen LogP contribution in [-0.4, -0.2) is 81.8 Å². The molecule has 4 rings (SSSR count). The van der Waals surface area contributed by atoms with Gasteiger partial charge in [-0.1, -0.05) is 13.8 Å². The van der Waals surface area contributed by atoms with Crippen LogP contribution >= 0.6 is 0 Å². The number of nitrogens with zero attached hydrogens (tertiary/aromatic N) is 3. The van der Waals surface area contributed by atoms with E-state index in [1.165, 1.54) is 18.4 Å². The summed E-state index contributed by atoms with van der Waals surface area (Å²) >= 11 is 0. The SMILES string of the molecule is CC(C)[C@H](NC(=O)OC(C)(C)C)C(=O)N[C@@H](CCCNC(N)=O)C(=O)N=[S@@](C)(=O)Cc1cc2cc(c1)OCCCCOc1cc(F)ccc1-c1nc(ncc1F)N2. The molecule has 0 fully saturated rings. The van der Waals surface area contributed by atoms with Crippen molar-refractivity contribution in [2.75, 3.05) is 31.3 Å². The summed E-state index contributed by atoms with van der Waals surface area (Å²) in [7, 11) is -3.33. The molecule has 1 aliphatic heterocycles. The van der Waals surface area contributed by atoms with Gasteiger partial charge in [0.25, 0.3) is 5.91 Å². The van der Waals surface area contributed by atoms with Crippen LogP contribution in [0.2, 0.25) is 0 Å². The van der Waals surface area contributed by atoms with E-state index >= 15 is 4.39 Å². The molecule has 5 amide bonds. The number of nitrogens with two attached hydrogens (primary N) is 1. The van der Waals surface area contributed by atoms with Crippen LogP contribution in [0.15, 0.2) is 47.0 Å². The molecule has 2 heterocycles. The monoisotopic (exact) mass is 816 g/mol. The molecule has 1 aliphatic rings. The first-order valence-corrected chi connectivity index (χ1v) is 20.4. The van der Waals surface area contributed by atoms with Gasteiger partial charge in [0, 0.05) is 36.2 Å². The second-order valence-electron chi connectivity index (χ2n) is 14.8. The quantitative estimate of drug-likeness (QED) is 0.156. The molecule has 16 nitrogen and oxygen atoms in total. The van der Waals surface area contributed by atoms with Gasteiger partial charge in [0.1, 0.15) is 40.7 Å². The van der Waals surface area contributed by atoms with Crippen LogP contribution in [-0.2, 0) is 29.8 Å². The Bertz CT molecular complexity index is 2070. The summed E-state index contributed by atoms with van der Waals surface area (Å²) in [5, 5.41) is 10.6. The molecule has 6 N–H and O–H groups in total. The molecule has 4 bridgehead atoms. The lowest BCUT2D eigenvalue weighted by atomic mass is 10.0. The molecule has 3 aromatic rings. The fourth-order valence-corrected chi connectivity index (χ4v) is 6.99. The van der Waals surface area contributed by atoms with E-state index in [2.05, 4.69) is 35.6 Å². The molecule has 0 aliphatic carbocycles. The number of fused-ring (bicyclic) bond motifs is 6. The molecule has 310 valence electrons. The lowest BCUT2D eigenvalue weighted by Crippen LogP contribution is -2.54. The molecule has 2 aromatic carbocycles. The number of nitrogens with one attached hydrogen (secondary N) is 4. The highest BCUT2D eigenvalue weighted by molar-refractivity contribution is 7.92. The normalized spacial score (nSPS) is 15.0. The number of hydrogen-bond donors (Lipinski definition) is 5. The molecule has 3 atom stereocenters. The third-order valence-electron chi connectivity index (χ3n) is 8.15. The maximum absolute atomic E-state index is 15.1. The van der Waals surface area contributed by atoms with Crippen LogP contribution in [0.4, 0.5) is 30.0 Å². The molecule has 0 radical (unpaired) electrons. The Kier molecular flexibility index (Phi) is 15.1. The first-order chi connectivity index (χ1) is 26.8. The molecule has 19 heteroatoms. The Morgan fingerprint density at radius 3 is 2.46 bits per heavy atom. The van der Waals surface area contributed by atoms with Gasteiger partial charge in [-0.15, -0.1) is 0 Å². The first kappa shape index (κ1) is 44.1. The van der Waals surface area contributed by atoms with Crippen LogP contribution in [0.1, 0.15) is 65.9 Å². The van der Waals surface area contributed by atoms with Crippen LogP contribution in [0.5, 0.6) is 11.5 Å². The standard InChI is InChI=1S/C38H50F2N8O8S/c1-22(2)31(47-37(52)56-38(3,4)5)34(50)45-29(10-9-13-42-35(41)51)33(49)48-57(6,53)21-23-16-25-19-26(17-23)54-14-7-8-15-55-30-18-24(39)11-12-27(30)32-28(40)20-43-36(44-25)46-32/h11-12,16-20,22,29,31H,7-10,13-15,21H2,1-6H3,(H,45,50)(H,47,52)(H3,41,42,51)(H,43,44,46)/t29-,31-,57-/m0/s1. The van der Waals surface area contributed by atoms with Crippen molar-refractivity contribution in [3.8, 4) is 22.8 Å². The predicted molar refractivity (Wildman–Crippen MR) is 209 cm³/mol. The maximum Gasteiger partial charge on any atom is 0.408 e. The number of alkyl carbamates (subject to hydrolysis) is 1. The van der Waals surface area contributed by atoms with E-state index in [0.29, 0.717) is 29.8 Å². The molecule has 0 saturated carbocycles. The second kappa shape index (κ2) is 19.5. The fraction of sp³-hybridized carbons (Fsp3) is 0.474. The largest absolute Gasteiger partial charge is 0.494 e. The number of hydrogen-bond acceptors (Lipinski definition) is 11. The third kappa shape index (κ3) is 14.1. The molecule has 0 unspecified atom stereocenters. The Morgan fingerprint density at radius 2 is 1.77 bits per heavy atom. The Balaban J connectivity index is 1.62. The summed E-state index contributed by atoms with van der Waals surface area (Å²) in [4.78, 5) is 59.3. The number of aromatic nitrogens is 2. The number of carbonyl (C=O) groups is 4. The van der Waals surface area contributed by atoms with E-state index in [0.717, 1.165) is 12.3 Å². The highest BCUT2D eigenvalue weighted by Gasteiger charge is 2.31. The number of benzene rings is 2. The average Bonchev–Trinajstić information content (AvgIpc) is 3.09. The van der Waals surface area contributed by atoms with Gasteiger partial charge in [0.2, 0.25) is 11.9 Å². The minimum Gasteiger partial charge on any atom is -0.494 e. The van der Waals surface area contributed by atoms with Crippen molar-refractivity contribution in [3.05, 3.63) is 59.8 Å². The number of anilines is 2. The summed E-state index contributed by atoms with van der Waals surface area (Å²) in [5.74, 6) is -3.06. The van der Waals surface area contributed by atoms with E-state index in [9.17, 15) is 27.8 Å². The van der Waals surface area contributed by atoms with Gasteiger partial charge < -0.3 is 41.2 Å². The van der Waals surface area contributed by atoms with E-state index in [1.54, 1.807) is 52.8 Å². The number of carbonyl (C=O) groups excluding carboxylic acids is 4. The van der Waals surface area contributed by atoms with Crippen molar-refractivity contribution in [2.24, 2.45) is 16.0 Å². The Labute approximate surface area is 330 Å². The summed E-state index contributed by atoms with van der Waals surface area (Å²) < 4.78 is 64.4. The highest BCUT2D eigenvalue weighted by atomic mass is 32.2. The number of rotatable bonds is 11. The van der Waals surface area contributed by atoms with Crippen LogP contribution in [0.3, 0.4) is 0 Å². The predicted octanol–water partition coefficient (Wildman–Crippen LogP) is 5.32. The second-order valence-corrected chi connectivity index (χ2v) is 17.2. The average molecular weight is 817 g/mol. The van der Waals surface area contributed by atoms with E-state index in [-0.39, 0.29) is 61.3 Å². The van der Waals surface area contributed by atoms with E-state index in [1.807, 2.05) is 0 Å². The third-order valence-corrected chi connectivity index (χ3v) is 9.59. The highest BCUT2D eigenvalue weighted by Crippen LogP contribution is 2.33. The number of urea groups is 1. The van der Waals surface area contributed by atoms with Gasteiger partial charge in [-0.3, -0.25) is 9.59 Å². The molecule has 0 spiro atoms. The Morgan fingerprint density at radius 1 is 1.05 bits per heavy atom. The molecular formula is C38H50F2N8O8S. The van der Waals surface area contributed by atoms with E-state index in [4.69, 9.17) is 19.9 Å². The fourth-order valence-electron chi connectivity index (χ4n) is 5.63. The summed E-state index contributed by atoms with van der Waals surface area (Å²) in [6.45, 7) is 8.96. The summed E-state index contributed by atoms with van der Waals surface area (Å²) in [6.07, 6.45) is 2.69. The zero-order valence-corrected chi connectivity index (χ0v) is 33.6. The van der Waals surface area contributed by atoms with Crippen molar-refractivity contribution in [3.63, 3.8) is 0 Å². The van der Waals surface area contributed by atoms with Crippen molar-refractivity contribution in [1.82, 2.24) is 25.9 Å². The minimum absolute atomic E-state index is 0.0113. The van der Waals surface area contributed by atoms with Crippen LogP contribution in [0.25, 0.3) is 11.3 Å². The van der Waals surface area contributed by atoms with Gasteiger partial charge in [-0.05, 0) is 82.2 Å². The van der Waals surface area contributed by atoms with Crippen molar-refractivity contribution in [1.29, 1.82) is 0 Å². The van der Waals surface area contributed by atoms with E-state index < -0.39 is 68.9 Å². The van der Waals surface area contributed by atoms with Gasteiger partial charge in [-0.25, -0.2) is 32.5 Å². The van der Waals surface area contributed by atoms with Gasteiger partial charge in [0.15, 0.2) is 5.82 Å². The molecular weight excluding hydrogens is 767 g/mol. The lowest BCUT2D eigenvalue weighted by Gasteiger charge is -2.26. The molecule has 0 saturated heterocycles. The van der Waals surface area contributed by atoms with Crippen molar-refractivity contribution < 1.29 is 46.4 Å².